The third kappa shape index (κ3) is 2.06. The summed E-state index contributed by atoms with van der Waals surface area (Å²) in [5.41, 5.74) is 10.2. The first-order valence-electron chi connectivity index (χ1n) is 5.83. The number of hydrogen-bond acceptors (Lipinski definition) is 5. The van der Waals surface area contributed by atoms with Crippen molar-refractivity contribution in [3.8, 4) is 22.4 Å². The normalized spacial score (nSPS) is 10.6. The highest BCUT2D eigenvalue weighted by atomic mass is 16.5. The van der Waals surface area contributed by atoms with Crippen LogP contribution in [0.25, 0.3) is 22.4 Å². The SMILES string of the molecule is Cc1cncc(-c2noc(N)c2-c2ccncc2)c1. The summed E-state index contributed by atoms with van der Waals surface area (Å²) in [6, 6.07) is 5.74. The monoisotopic (exact) mass is 252 g/mol. The van der Waals surface area contributed by atoms with Crippen molar-refractivity contribution in [3.05, 3.63) is 48.5 Å². The van der Waals surface area contributed by atoms with Crippen LogP contribution in [0, 0.1) is 6.92 Å². The van der Waals surface area contributed by atoms with Crippen LogP contribution >= 0.6 is 0 Å². The third-order valence-electron chi connectivity index (χ3n) is 2.84. The minimum absolute atomic E-state index is 0.294. The zero-order chi connectivity index (χ0) is 13.2. The number of rotatable bonds is 2. The molecule has 3 heterocycles. The Hall–Kier alpha value is -2.69. The minimum Gasteiger partial charge on any atom is -0.367 e. The van der Waals surface area contributed by atoms with Crippen LogP contribution in [0.2, 0.25) is 0 Å². The maximum atomic E-state index is 5.88. The molecule has 94 valence electrons. The van der Waals surface area contributed by atoms with Crippen molar-refractivity contribution in [2.75, 3.05) is 5.73 Å². The van der Waals surface area contributed by atoms with Gasteiger partial charge in [-0.2, -0.15) is 0 Å². The number of nitrogens with zero attached hydrogens (tertiary/aromatic N) is 3. The van der Waals surface area contributed by atoms with Crippen LogP contribution in [0.5, 0.6) is 0 Å². The van der Waals surface area contributed by atoms with Gasteiger partial charge >= 0.3 is 0 Å². The lowest BCUT2D eigenvalue weighted by Gasteiger charge is -2.02. The molecule has 0 fully saturated rings. The molecule has 0 aliphatic carbocycles. The fourth-order valence-corrected chi connectivity index (χ4v) is 1.98. The molecule has 0 atom stereocenters. The number of anilines is 1. The first kappa shape index (κ1) is 11.4. The Morgan fingerprint density at radius 3 is 2.58 bits per heavy atom. The Kier molecular flexibility index (Phi) is 2.72. The van der Waals surface area contributed by atoms with Crippen molar-refractivity contribution in [2.24, 2.45) is 0 Å². The lowest BCUT2D eigenvalue weighted by atomic mass is 10.0. The zero-order valence-corrected chi connectivity index (χ0v) is 10.4. The summed E-state index contributed by atoms with van der Waals surface area (Å²) in [6.07, 6.45) is 6.95. The quantitative estimate of drug-likeness (QED) is 0.758. The van der Waals surface area contributed by atoms with E-state index in [4.69, 9.17) is 10.3 Å². The average molecular weight is 252 g/mol. The van der Waals surface area contributed by atoms with E-state index in [0.29, 0.717) is 11.6 Å². The van der Waals surface area contributed by atoms with E-state index in [9.17, 15) is 0 Å². The van der Waals surface area contributed by atoms with Crippen LogP contribution in [0.1, 0.15) is 5.56 Å². The second kappa shape index (κ2) is 4.53. The second-order valence-corrected chi connectivity index (χ2v) is 4.26. The van der Waals surface area contributed by atoms with Crippen molar-refractivity contribution in [1.82, 2.24) is 15.1 Å². The first-order valence-corrected chi connectivity index (χ1v) is 5.83. The van der Waals surface area contributed by atoms with E-state index in [1.807, 2.05) is 25.1 Å². The Labute approximate surface area is 110 Å². The van der Waals surface area contributed by atoms with Gasteiger partial charge in [0.05, 0.1) is 5.56 Å². The van der Waals surface area contributed by atoms with Gasteiger partial charge in [0, 0.05) is 30.4 Å². The minimum atomic E-state index is 0.294. The van der Waals surface area contributed by atoms with Crippen LogP contribution in [0.15, 0.2) is 47.5 Å². The Morgan fingerprint density at radius 1 is 1.05 bits per heavy atom. The third-order valence-corrected chi connectivity index (χ3v) is 2.84. The molecule has 0 aromatic carbocycles. The highest BCUT2D eigenvalue weighted by Gasteiger charge is 2.17. The van der Waals surface area contributed by atoms with Crippen LogP contribution in [0.3, 0.4) is 0 Å². The maximum absolute atomic E-state index is 5.88. The standard InChI is InChI=1S/C14H12N4O/c1-9-6-11(8-17-7-9)13-12(14(15)19-18-13)10-2-4-16-5-3-10/h2-8H,15H2,1H3. The summed E-state index contributed by atoms with van der Waals surface area (Å²) in [4.78, 5) is 8.17. The summed E-state index contributed by atoms with van der Waals surface area (Å²) in [6.45, 7) is 1.98. The number of nitrogen functional groups attached to an aromatic ring is 1. The first-order chi connectivity index (χ1) is 9.25. The molecule has 0 saturated carbocycles. The Balaban J connectivity index is 2.19. The lowest BCUT2D eigenvalue weighted by molar-refractivity contribution is 0.439. The molecule has 3 rings (SSSR count). The summed E-state index contributed by atoms with van der Waals surface area (Å²) in [5, 5.41) is 4.04. The fourth-order valence-electron chi connectivity index (χ4n) is 1.98. The molecule has 0 bridgehead atoms. The van der Waals surface area contributed by atoms with Crippen molar-refractivity contribution >= 4 is 5.88 Å². The van der Waals surface area contributed by atoms with Gasteiger partial charge in [-0.25, -0.2) is 0 Å². The molecule has 0 unspecified atom stereocenters. The molecule has 3 aromatic rings. The van der Waals surface area contributed by atoms with E-state index in [1.54, 1.807) is 24.8 Å². The van der Waals surface area contributed by atoms with E-state index in [1.165, 1.54) is 0 Å². The van der Waals surface area contributed by atoms with Crippen LogP contribution < -0.4 is 5.73 Å². The number of aryl methyl sites for hydroxylation is 1. The molecular weight excluding hydrogens is 240 g/mol. The lowest BCUT2D eigenvalue weighted by Crippen LogP contribution is -1.89. The van der Waals surface area contributed by atoms with E-state index in [-0.39, 0.29) is 0 Å². The van der Waals surface area contributed by atoms with Crippen molar-refractivity contribution in [3.63, 3.8) is 0 Å². The molecule has 0 amide bonds. The Morgan fingerprint density at radius 2 is 1.84 bits per heavy atom. The molecule has 0 spiro atoms. The molecule has 2 N–H and O–H groups in total. The van der Waals surface area contributed by atoms with Gasteiger partial charge in [0.2, 0.25) is 5.88 Å². The average Bonchev–Trinajstić information content (AvgIpc) is 2.82. The molecule has 0 saturated heterocycles. The predicted molar refractivity (Wildman–Crippen MR) is 72.1 cm³/mol. The molecule has 0 radical (unpaired) electrons. The van der Waals surface area contributed by atoms with Crippen molar-refractivity contribution in [2.45, 2.75) is 6.92 Å². The summed E-state index contributed by atoms with van der Waals surface area (Å²) >= 11 is 0. The zero-order valence-electron chi connectivity index (χ0n) is 10.4. The van der Waals surface area contributed by atoms with Crippen molar-refractivity contribution in [1.29, 1.82) is 0 Å². The molecule has 19 heavy (non-hydrogen) atoms. The topological polar surface area (TPSA) is 77.8 Å². The van der Waals surface area contributed by atoms with E-state index < -0.39 is 0 Å². The number of aromatic nitrogens is 3. The van der Waals surface area contributed by atoms with Crippen LogP contribution in [0.4, 0.5) is 5.88 Å². The van der Waals surface area contributed by atoms with Gasteiger partial charge in [0.25, 0.3) is 0 Å². The van der Waals surface area contributed by atoms with E-state index >= 15 is 0 Å². The predicted octanol–water partition coefficient (Wildman–Crippen LogP) is 2.69. The van der Waals surface area contributed by atoms with Gasteiger partial charge in [0.1, 0.15) is 5.69 Å². The molecular formula is C14H12N4O. The molecule has 0 aliphatic rings. The van der Waals surface area contributed by atoms with Gasteiger partial charge in [-0.1, -0.05) is 5.16 Å². The highest BCUT2D eigenvalue weighted by Crippen LogP contribution is 2.35. The maximum Gasteiger partial charge on any atom is 0.230 e. The van der Waals surface area contributed by atoms with Gasteiger partial charge in [0.15, 0.2) is 0 Å². The highest BCUT2D eigenvalue weighted by molar-refractivity contribution is 5.86. The smallest absolute Gasteiger partial charge is 0.230 e. The summed E-state index contributed by atoms with van der Waals surface area (Å²) in [7, 11) is 0. The number of nitrogens with two attached hydrogens (primary N) is 1. The van der Waals surface area contributed by atoms with Gasteiger partial charge in [-0.3, -0.25) is 9.97 Å². The largest absolute Gasteiger partial charge is 0.367 e. The van der Waals surface area contributed by atoms with E-state index in [2.05, 4.69) is 15.1 Å². The summed E-state index contributed by atoms with van der Waals surface area (Å²) in [5.74, 6) is 0.294. The second-order valence-electron chi connectivity index (χ2n) is 4.26. The fraction of sp³-hybridized carbons (Fsp3) is 0.0714. The van der Waals surface area contributed by atoms with Gasteiger partial charge in [-0.15, -0.1) is 0 Å². The van der Waals surface area contributed by atoms with Crippen LogP contribution in [-0.2, 0) is 0 Å². The molecule has 5 heteroatoms. The van der Waals surface area contributed by atoms with Gasteiger partial charge < -0.3 is 10.3 Å². The molecule has 3 aromatic heterocycles. The Bertz CT molecular complexity index is 706. The number of hydrogen-bond donors (Lipinski definition) is 1. The van der Waals surface area contributed by atoms with E-state index in [0.717, 1.165) is 22.3 Å². The van der Waals surface area contributed by atoms with Crippen LogP contribution in [-0.4, -0.2) is 15.1 Å². The summed E-state index contributed by atoms with van der Waals surface area (Å²) < 4.78 is 5.12. The number of pyridine rings is 2. The molecule has 0 aliphatic heterocycles. The van der Waals surface area contributed by atoms with Gasteiger partial charge in [-0.05, 0) is 36.2 Å². The molecule has 5 nitrogen and oxygen atoms in total. The van der Waals surface area contributed by atoms with Crippen molar-refractivity contribution < 1.29 is 4.52 Å².